The number of alkyl halides is 4. The first kappa shape index (κ1) is 29.5. The van der Waals surface area contributed by atoms with Gasteiger partial charge in [0, 0.05) is 67.2 Å². The van der Waals surface area contributed by atoms with E-state index in [9.17, 15) is 30.4 Å². The number of halogens is 5. The molecule has 15 heteroatoms. The fourth-order valence-electron chi connectivity index (χ4n) is 4.96. The SMILES string of the molecule is CS(=O)(=O)Oc1c(F)ccc2c1CNC(c1csc(C3CCN(C=Cn4cc(C(F)F)cc4C(F)F)CC3)n1)NC2. The van der Waals surface area contributed by atoms with Gasteiger partial charge in [-0.3, -0.25) is 10.6 Å². The smallest absolute Gasteiger partial charge is 0.306 e. The summed E-state index contributed by atoms with van der Waals surface area (Å²) in [5.74, 6) is -0.873. The van der Waals surface area contributed by atoms with Crippen LogP contribution < -0.4 is 14.8 Å². The molecule has 2 N–H and O–H groups in total. The second kappa shape index (κ2) is 12.1. The van der Waals surface area contributed by atoms with Crippen molar-refractivity contribution >= 4 is 27.7 Å². The van der Waals surface area contributed by atoms with Gasteiger partial charge in [0.2, 0.25) is 0 Å². The lowest BCUT2D eigenvalue weighted by atomic mass is 9.98. The summed E-state index contributed by atoms with van der Waals surface area (Å²) in [6.07, 6.45) is 0.420. The second-order valence-corrected chi connectivity index (χ2v) is 12.4. The average Bonchev–Trinajstić information content (AvgIpc) is 3.53. The number of rotatable bonds is 8. The molecule has 0 saturated carbocycles. The minimum atomic E-state index is -3.91. The Bertz CT molecular complexity index is 1520. The van der Waals surface area contributed by atoms with Crippen molar-refractivity contribution < 1.29 is 34.6 Å². The van der Waals surface area contributed by atoms with Crippen LogP contribution in [0.4, 0.5) is 22.0 Å². The monoisotopic (exact) mass is 617 g/mol. The van der Waals surface area contributed by atoms with Crippen molar-refractivity contribution in [1.82, 2.24) is 25.1 Å². The van der Waals surface area contributed by atoms with E-state index in [0.29, 0.717) is 30.8 Å². The average molecular weight is 618 g/mol. The molecule has 1 aromatic carbocycles. The Kier molecular flexibility index (Phi) is 8.68. The molecule has 0 radical (unpaired) electrons. The minimum absolute atomic E-state index is 0.167. The quantitative estimate of drug-likeness (QED) is 0.255. The van der Waals surface area contributed by atoms with Gasteiger partial charge in [0.15, 0.2) is 11.6 Å². The highest BCUT2D eigenvalue weighted by atomic mass is 32.2. The van der Waals surface area contributed by atoms with E-state index in [1.807, 2.05) is 10.3 Å². The van der Waals surface area contributed by atoms with Crippen LogP contribution in [0.15, 0.2) is 36.0 Å². The molecule has 1 saturated heterocycles. The Morgan fingerprint density at radius 1 is 1.10 bits per heavy atom. The van der Waals surface area contributed by atoms with Gasteiger partial charge in [0.25, 0.3) is 12.9 Å². The van der Waals surface area contributed by atoms with Gasteiger partial charge in [-0.2, -0.15) is 8.42 Å². The lowest BCUT2D eigenvalue weighted by Gasteiger charge is -2.30. The van der Waals surface area contributed by atoms with Crippen molar-refractivity contribution in [2.45, 2.75) is 50.9 Å². The van der Waals surface area contributed by atoms with Crippen LogP contribution in [-0.2, 0) is 23.2 Å². The van der Waals surface area contributed by atoms with Crippen LogP contribution in [0.5, 0.6) is 5.75 Å². The van der Waals surface area contributed by atoms with E-state index in [1.165, 1.54) is 23.6 Å². The van der Waals surface area contributed by atoms with E-state index >= 15 is 0 Å². The number of nitrogens with one attached hydrogen (secondary N) is 2. The van der Waals surface area contributed by atoms with Crippen molar-refractivity contribution in [3.63, 3.8) is 0 Å². The van der Waals surface area contributed by atoms with Gasteiger partial charge in [0.1, 0.15) is 6.17 Å². The summed E-state index contributed by atoms with van der Waals surface area (Å²) in [7, 11) is -3.91. The zero-order valence-electron chi connectivity index (χ0n) is 21.9. The molecular weight excluding hydrogens is 589 g/mol. The zero-order valence-corrected chi connectivity index (χ0v) is 23.5. The van der Waals surface area contributed by atoms with E-state index in [-0.39, 0.29) is 24.4 Å². The highest BCUT2D eigenvalue weighted by molar-refractivity contribution is 7.86. The van der Waals surface area contributed by atoms with E-state index in [0.717, 1.165) is 46.6 Å². The lowest BCUT2D eigenvalue weighted by molar-refractivity contribution is 0.143. The van der Waals surface area contributed by atoms with Gasteiger partial charge in [-0.25, -0.2) is 26.9 Å². The molecule has 2 aliphatic rings. The van der Waals surface area contributed by atoms with Gasteiger partial charge < -0.3 is 13.7 Å². The number of fused-ring (bicyclic) bond motifs is 1. The molecule has 0 bridgehead atoms. The molecule has 1 atom stereocenters. The zero-order chi connectivity index (χ0) is 29.3. The normalized spacial score (nSPS) is 18.8. The van der Waals surface area contributed by atoms with Crippen LogP contribution in [0, 0.1) is 5.82 Å². The molecule has 0 aliphatic carbocycles. The van der Waals surface area contributed by atoms with E-state index in [1.54, 1.807) is 12.3 Å². The Balaban J connectivity index is 1.20. The maximum Gasteiger partial charge on any atom is 0.306 e. The van der Waals surface area contributed by atoms with Crippen LogP contribution in [0.3, 0.4) is 0 Å². The van der Waals surface area contributed by atoms with Gasteiger partial charge in [-0.05, 0) is 30.5 Å². The van der Waals surface area contributed by atoms with Gasteiger partial charge >= 0.3 is 10.1 Å². The summed E-state index contributed by atoms with van der Waals surface area (Å²) >= 11 is 1.53. The molecule has 8 nitrogen and oxygen atoms in total. The first-order valence-electron chi connectivity index (χ1n) is 12.8. The Morgan fingerprint density at radius 2 is 1.83 bits per heavy atom. The Labute approximate surface area is 238 Å². The number of thiazole rings is 1. The third-order valence-electron chi connectivity index (χ3n) is 7.05. The van der Waals surface area contributed by atoms with E-state index < -0.39 is 40.0 Å². The summed E-state index contributed by atoms with van der Waals surface area (Å²) in [5, 5.41) is 9.47. The summed E-state index contributed by atoms with van der Waals surface area (Å²) in [6.45, 7) is 1.80. The number of piperidine rings is 1. The van der Waals surface area contributed by atoms with E-state index in [4.69, 9.17) is 9.17 Å². The maximum absolute atomic E-state index is 14.4. The largest absolute Gasteiger partial charge is 0.379 e. The summed E-state index contributed by atoms with van der Waals surface area (Å²) in [5.41, 5.74) is 0.969. The molecular formula is C26H28F5N5O3S2. The standard InChI is InChI=1S/C26H28F5N5O3S2/c1-41(37,38)39-22-18-12-33-25(32-11-16(18)2-3-19(22)27)20-14-40-26(34-20)15-4-6-35(7-5-15)8-9-36-13-17(23(28)29)10-21(36)24(30)31/h2-3,8-10,13-15,23-25,32-33H,4-7,11-12H2,1H3. The molecule has 2 aromatic heterocycles. The van der Waals surface area contributed by atoms with Crippen molar-refractivity contribution in [2.24, 2.45) is 0 Å². The van der Waals surface area contributed by atoms with Crippen LogP contribution in [0.25, 0.3) is 6.20 Å². The molecule has 1 unspecified atom stereocenters. The summed E-state index contributed by atoms with van der Waals surface area (Å²) < 4.78 is 96.1. The van der Waals surface area contributed by atoms with Crippen molar-refractivity contribution in [3.8, 4) is 5.75 Å². The summed E-state index contributed by atoms with van der Waals surface area (Å²) in [6, 6.07) is 3.60. The minimum Gasteiger partial charge on any atom is -0.379 e. The number of aromatic nitrogens is 2. The number of hydrogen-bond donors (Lipinski definition) is 2. The molecule has 2 aliphatic heterocycles. The molecule has 222 valence electrons. The predicted molar refractivity (Wildman–Crippen MR) is 144 cm³/mol. The van der Waals surface area contributed by atoms with Crippen LogP contribution in [0.2, 0.25) is 0 Å². The third-order valence-corrected chi connectivity index (χ3v) is 8.55. The number of nitrogens with zero attached hydrogens (tertiary/aromatic N) is 3. The van der Waals surface area contributed by atoms with Crippen molar-refractivity contribution in [3.05, 3.63) is 74.9 Å². The molecule has 5 rings (SSSR count). The highest BCUT2D eigenvalue weighted by Crippen LogP contribution is 2.34. The number of likely N-dealkylation sites (tertiary alicyclic amines) is 1. The topological polar surface area (TPSA) is 88.5 Å². The highest BCUT2D eigenvalue weighted by Gasteiger charge is 2.27. The molecule has 1 fully saturated rings. The molecule has 3 aromatic rings. The predicted octanol–water partition coefficient (Wildman–Crippen LogP) is 5.50. The third kappa shape index (κ3) is 6.90. The lowest BCUT2D eigenvalue weighted by Crippen LogP contribution is -2.31. The second-order valence-electron chi connectivity index (χ2n) is 9.92. The van der Waals surface area contributed by atoms with Gasteiger partial charge in [0.05, 0.1) is 22.7 Å². The molecule has 4 heterocycles. The van der Waals surface area contributed by atoms with Gasteiger partial charge in [-0.1, -0.05) is 6.07 Å². The Hall–Kier alpha value is -3.01. The van der Waals surface area contributed by atoms with Gasteiger partial charge in [-0.15, -0.1) is 11.3 Å². The molecule has 0 amide bonds. The molecule has 0 spiro atoms. The first-order chi connectivity index (χ1) is 19.5. The maximum atomic E-state index is 14.4. The van der Waals surface area contributed by atoms with Crippen molar-refractivity contribution in [1.29, 1.82) is 0 Å². The fourth-order valence-corrected chi connectivity index (χ4v) is 6.46. The Morgan fingerprint density at radius 3 is 2.51 bits per heavy atom. The van der Waals surface area contributed by atoms with E-state index in [2.05, 4.69) is 10.6 Å². The number of hydrogen-bond acceptors (Lipinski definition) is 8. The van der Waals surface area contributed by atoms with Crippen LogP contribution in [-0.4, -0.2) is 42.2 Å². The van der Waals surface area contributed by atoms with Crippen LogP contribution >= 0.6 is 11.3 Å². The fraction of sp³-hybridized carbons (Fsp3) is 0.423. The van der Waals surface area contributed by atoms with Crippen LogP contribution in [0.1, 0.15) is 70.9 Å². The van der Waals surface area contributed by atoms with Crippen molar-refractivity contribution in [2.75, 3.05) is 19.3 Å². The summed E-state index contributed by atoms with van der Waals surface area (Å²) in [4.78, 5) is 6.79. The number of benzene rings is 1. The molecule has 41 heavy (non-hydrogen) atoms. The first-order valence-corrected chi connectivity index (χ1v) is 15.5.